The molecule has 0 aliphatic heterocycles. The molecule has 10 nitrogen and oxygen atoms in total. The zero-order valence-electron chi connectivity index (χ0n) is 8.75. The maximum absolute atomic E-state index is 11.3. The number of carboxylic acids is 1. The summed E-state index contributed by atoms with van der Waals surface area (Å²) < 4.78 is 0. The van der Waals surface area contributed by atoms with Crippen LogP contribution in [0.4, 0.5) is 4.79 Å². The molecule has 1 aromatic heterocycles. The van der Waals surface area contributed by atoms with Crippen molar-refractivity contribution in [1.82, 2.24) is 31.3 Å². The molecule has 0 unspecified atom stereocenters. The number of aromatic nitrogens is 4. The van der Waals surface area contributed by atoms with Crippen LogP contribution in [-0.4, -0.2) is 55.5 Å². The Balaban J connectivity index is 2.34. The molecule has 0 radical (unpaired) electrons. The molecule has 0 aliphatic carbocycles. The number of aliphatic hydroxyl groups is 1. The lowest BCUT2D eigenvalue weighted by Crippen LogP contribution is -2.46. The molecule has 17 heavy (non-hydrogen) atoms. The lowest BCUT2D eigenvalue weighted by molar-refractivity contribution is -0.139. The molecule has 5 N–H and O–H groups in total. The van der Waals surface area contributed by atoms with Crippen molar-refractivity contribution >= 4 is 12.0 Å². The van der Waals surface area contributed by atoms with Crippen LogP contribution >= 0.6 is 0 Å². The van der Waals surface area contributed by atoms with Gasteiger partial charge in [-0.3, -0.25) is 0 Å². The fourth-order valence-electron chi connectivity index (χ4n) is 1.01. The largest absolute Gasteiger partial charge is 0.480 e. The Bertz CT molecular complexity index is 366. The van der Waals surface area contributed by atoms with E-state index in [4.69, 9.17) is 10.2 Å². The molecule has 0 aromatic carbocycles. The van der Waals surface area contributed by atoms with Crippen molar-refractivity contribution in [1.29, 1.82) is 0 Å². The molecule has 1 atom stereocenters. The summed E-state index contributed by atoms with van der Waals surface area (Å²) in [7, 11) is 0. The number of aromatic amines is 1. The van der Waals surface area contributed by atoms with E-state index in [1.807, 2.05) is 0 Å². The van der Waals surface area contributed by atoms with E-state index < -0.39 is 18.0 Å². The molecule has 0 saturated heterocycles. The first kappa shape index (κ1) is 12.8. The molecule has 2 amide bonds. The molecule has 0 bridgehead atoms. The number of urea groups is 1. The number of rotatable bonds is 6. The molecule has 10 heteroatoms. The van der Waals surface area contributed by atoms with Crippen molar-refractivity contribution in [3.8, 4) is 0 Å². The highest BCUT2D eigenvalue weighted by Crippen LogP contribution is 1.91. The van der Waals surface area contributed by atoms with Gasteiger partial charge < -0.3 is 20.8 Å². The predicted molar refractivity (Wildman–Crippen MR) is 52.7 cm³/mol. The Kier molecular flexibility index (Phi) is 4.81. The highest BCUT2D eigenvalue weighted by molar-refractivity contribution is 5.82. The third-order valence-electron chi connectivity index (χ3n) is 1.82. The number of nitrogens with one attached hydrogen (secondary N) is 3. The van der Waals surface area contributed by atoms with E-state index in [1.54, 1.807) is 0 Å². The standard InChI is InChI=1S/C7H12N6O4/c14-2-1-4(6(15)16)9-7(17)8-3-5-10-12-13-11-5/h4,14H,1-3H2,(H,15,16)(H2,8,9,17)(H,10,11,12,13)/t4-/m0/s1. The van der Waals surface area contributed by atoms with Crippen LogP contribution in [0.25, 0.3) is 0 Å². The lowest BCUT2D eigenvalue weighted by Gasteiger charge is -2.13. The molecular weight excluding hydrogens is 232 g/mol. The SMILES string of the molecule is O=C(NCc1nn[nH]n1)N[C@@H](CCO)C(=O)O. The van der Waals surface area contributed by atoms with Gasteiger partial charge in [0.25, 0.3) is 0 Å². The number of tetrazole rings is 1. The van der Waals surface area contributed by atoms with Crippen molar-refractivity contribution in [2.24, 2.45) is 0 Å². The maximum Gasteiger partial charge on any atom is 0.326 e. The molecule has 0 spiro atoms. The number of hydrogen-bond donors (Lipinski definition) is 5. The van der Waals surface area contributed by atoms with Gasteiger partial charge in [0, 0.05) is 13.0 Å². The summed E-state index contributed by atoms with van der Waals surface area (Å²) >= 11 is 0. The molecule has 0 saturated carbocycles. The van der Waals surface area contributed by atoms with Crippen LogP contribution in [0.5, 0.6) is 0 Å². The molecule has 0 fully saturated rings. The zero-order valence-corrected chi connectivity index (χ0v) is 8.75. The lowest BCUT2D eigenvalue weighted by atomic mass is 10.2. The predicted octanol–water partition coefficient (Wildman–Crippen LogP) is -2.17. The number of hydrogen-bond acceptors (Lipinski definition) is 6. The van der Waals surface area contributed by atoms with Gasteiger partial charge in [0.1, 0.15) is 6.04 Å². The second kappa shape index (κ2) is 6.37. The summed E-state index contributed by atoms with van der Waals surface area (Å²) in [4.78, 5) is 21.9. The summed E-state index contributed by atoms with van der Waals surface area (Å²) in [6.07, 6.45) is -0.0645. The molecular formula is C7H12N6O4. The van der Waals surface area contributed by atoms with Gasteiger partial charge in [0.15, 0.2) is 5.82 Å². The normalized spacial score (nSPS) is 11.8. The number of nitrogens with zero attached hydrogens (tertiary/aromatic N) is 3. The zero-order chi connectivity index (χ0) is 12.7. The molecule has 1 rings (SSSR count). The van der Waals surface area contributed by atoms with Crippen LogP contribution in [0.1, 0.15) is 12.2 Å². The summed E-state index contributed by atoms with van der Waals surface area (Å²) in [6, 6.07) is -1.82. The summed E-state index contributed by atoms with van der Waals surface area (Å²) in [5.74, 6) is -0.942. The van der Waals surface area contributed by atoms with Crippen LogP contribution in [0.2, 0.25) is 0 Å². The van der Waals surface area contributed by atoms with E-state index in [0.717, 1.165) is 0 Å². The van der Waals surface area contributed by atoms with E-state index in [0.29, 0.717) is 0 Å². The third kappa shape index (κ3) is 4.42. The van der Waals surface area contributed by atoms with Gasteiger partial charge in [-0.1, -0.05) is 5.21 Å². The average molecular weight is 244 g/mol. The second-order valence-corrected chi connectivity index (χ2v) is 3.06. The fraction of sp³-hybridized carbons (Fsp3) is 0.571. The fourth-order valence-corrected chi connectivity index (χ4v) is 1.01. The highest BCUT2D eigenvalue weighted by Gasteiger charge is 2.18. The van der Waals surface area contributed by atoms with E-state index in [9.17, 15) is 9.59 Å². The number of amides is 2. The molecule has 1 heterocycles. The van der Waals surface area contributed by atoms with Crippen molar-refractivity contribution < 1.29 is 19.8 Å². The molecule has 94 valence electrons. The summed E-state index contributed by atoms with van der Waals surface area (Å²) in [5.41, 5.74) is 0. The second-order valence-electron chi connectivity index (χ2n) is 3.06. The Labute approximate surface area is 95.4 Å². The monoisotopic (exact) mass is 244 g/mol. The third-order valence-corrected chi connectivity index (χ3v) is 1.82. The average Bonchev–Trinajstić information content (AvgIpc) is 2.78. The number of aliphatic hydroxyl groups excluding tert-OH is 1. The molecule has 0 aliphatic rings. The van der Waals surface area contributed by atoms with Crippen molar-refractivity contribution in [3.05, 3.63) is 5.82 Å². The minimum Gasteiger partial charge on any atom is -0.480 e. The Morgan fingerprint density at radius 2 is 2.24 bits per heavy atom. The summed E-state index contributed by atoms with van der Waals surface area (Å²) in [5, 5.41) is 34.5. The minimum absolute atomic E-state index is 0.0216. The van der Waals surface area contributed by atoms with Gasteiger partial charge in [-0.2, -0.15) is 5.21 Å². The first-order valence-electron chi connectivity index (χ1n) is 4.74. The quantitative estimate of drug-likeness (QED) is 0.381. The van der Waals surface area contributed by atoms with E-state index in [1.165, 1.54) is 0 Å². The number of aliphatic carboxylic acids is 1. The van der Waals surface area contributed by atoms with Gasteiger partial charge >= 0.3 is 12.0 Å². The Morgan fingerprint density at radius 3 is 2.76 bits per heavy atom. The highest BCUT2D eigenvalue weighted by atomic mass is 16.4. The Hall–Kier alpha value is -2.23. The van der Waals surface area contributed by atoms with Crippen molar-refractivity contribution in [2.45, 2.75) is 19.0 Å². The first-order chi connectivity index (χ1) is 8.13. The minimum atomic E-state index is -1.21. The van der Waals surface area contributed by atoms with Crippen LogP contribution in [-0.2, 0) is 11.3 Å². The van der Waals surface area contributed by atoms with Crippen LogP contribution in [0.3, 0.4) is 0 Å². The van der Waals surface area contributed by atoms with Crippen LogP contribution in [0.15, 0.2) is 0 Å². The molecule has 1 aromatic rings. The number of carboxylic acid groups (broad SMARTS) is 1. The number of carbonyl (C=O) groups excluding carboxylic acids is 1. The van der Waals surface area contributed by atoms with E-state index in [-0.39, 0.29) is 25.4 Å². The van der Waals surface area contributed by atoms with Gasteiger partial charge in [0.2, 0.25) is 0 Å². The van der Waals surface area contributed by atoms with Crippen LogP contribution in [0, 0.1) is 0 Å². The van der Waals surface area contributed by atoms with E-state index >= 15 is 0 Å². The smallest absolute Gasteiger partial charge is 0.326 e. The van der Waals surface area contributed by atoms with Gasteiger partial charge in [-0.05, 0) is 0 Å². The van der Waals surface area contributed by atoms with Gasteiger partial charge in [-0.15, -0.1) is 10.2 Å². The van der Waals surface area contributed by atoms with Crippen molar-refractivity contribution in [3.63, 3.8) is 0 Å². The van der Waals surface area contributed by atoms with Crippen LogP contribution < -0.4 is 10.6 Å². The van der Waals surface area contributed by atoms with Crippen molar-refractivity contribution in [2.75, 3.05) is 6.61 Å². The van der Waals surface area contributed by atoms with Gasteiger partial charge in [-0.25, -0.2) is 9.59 Å². The maximum atomic E-state index is 11.3. The Morgan fingerprint density at radius 1 is 1.47 bits per heavy atom. The van der Waals surface area contributed by atoms with E-state index in [2.05, 4.69) is 31.3 Å². The number of H-pyrrole nitrogens is 1. The summed E-state index contributed by atoms with van der Waals surface area (Å²) in [6.45, 7) is -0.310. The van der Waals surface area contributed by atoms with Gasteiger partial charge in [0.05, 0.1) is 6.54 Å². The number of carbonyl (C=O) groups is 2. The first-order valence-corrected chi connectivity index (χ1v) is 4.74. The topological polar surface area (TPSA) is 153 Å².